The van der Waals surface area contributed by atoms with Crippen molar-refractivity contribution in [3.05, 3.63) is 59.7 Å². The monoisotopic (exact) mass is 917 g/mol. The Kier molecular flexibility index (Phi) is 31.3. The summed E-state index contributed by atoms with van der Waals surface area (Å²) in [5.74, 6) is 3.95. The molecular formula is C55H98O6P2. The molecule has 0 atom stereocenters. The van der Waals surface area contributed by atoms with E-state index in [0.29, 0.717) is 11.5 Å². The molecule has 0 aliphatic rings. The van der Waals surface area contributed by atoms with Crippen molar-refractivity contribution in [1.29, 1.82) is 0 Å². The van der Waals surface area contributed by atoms with Gasteiger partial charge in [-0.05, 0) is 66.9 Å². The summed E-state index contributed by atoms with van der Waals surface area (Å²) in [6, 6.07) is 16.2. The van der Waals surface area contributed by atoms with Crippen molar-refractivity contribution in [3.63, 3.8) is 0 Å². The maximum absolute atomic E-state index is 10.5. The maximum Gasteiger partial charge on any atom is 0.391 e. The van der Waals surface area contributed by atoms with Crippen LogP contribution in [0.4, 0.5) is 0 Å². The van der Waals surface area contributed by atoms with Crippen molar-refractivity contribution in [2.24, 2.45) is 29.1 Å². The first-order valence-corrected chi connectivity index (χ1v) is 28.5. The molecule has 0 aliphatic heterocycles. The summed E-state index contributed by atoms with van der Waals surface area (Å²) in [7, 11) is -5.36. The van der Waals surface area contributed by atoms with Gasteiger partial charge in [0.2, 0.25) is 0 Å². The maximum atomic E-state index is 10.5. The molecule has 364 valence electrons. The largest absolute Gasteiger partial charge is 0.427 e. The van der Waals surface area contributed by atoms with Crippen LogP contribution in [0.5, 0.6) is 11.5 Å². The van der Waals surface area contributed by atoms with Gasteiger partial charge in [0.05, 0.1) is 0 Å². The molecule has 0 fully saturated rings. The SMILES string of the molecule is CC(C)CCCCCCCCC(c1ccccc1OP(O)O)(c1ccccc1OP(O)O)C(CCCCCCCC(C)C)(CCCCCCCC(C)C)CCCCCCCC(C)C. The Bertz CT molecular complexity index is 1290. The van der Waals surface area contributed by atoms with Crippen LogP contribution in [-0.4, -0.2) is 19.6 Å². The fourth-order valence-electron chi connectivity index (χ4n) is 10.5. The summed E-state index contributed by atoms with van der Waals surface area (Å²) in [5, 5.41) is 0. The Hall–Kier alpha value is -1.26. The van der Waals surface area contributed by atoms with Crippen LogP contribution in [-0.2, 0) is 5.41 Å². The third-order valence-electron chi connectivity index (χ3n) is 13.9. The lowest BCUT2D eigenvalue weighted by Crippen LogP contribution is -2.48. The second kappa shape index (κ2) is 34.1. The highest BCUT2D eigenvalue weighted by Crippen LogP contribution is 2.62. The highest BCUT2D eigenvalue weighted by molar-refractivity contribution is 7.40. The van der Waals surface area contributed by atoms with Crippen LogP contribution in [0, 0.1) is 29.1 Å². The molecule has 0 aromatic heterocycles. The van der Waals surface area contributed by atoms with Crippen molar-refractivity contribution in [3.8, 4) is 11.5 Å². The molecule has 0 bridgehead atoms. The topological polar surface area (TPSA) is 99.4 Å². The van der Waals surface area contributed by atoms with Gasteiger partial charge in [-0.1, -0.05) is 252 Å². The van der Waals surface area contributed by atoms with E-state index in [1.54, 1.807) is 0 Å². The predicted octanol–water partition coefficient (Wildman–Crippen LogP) is 18.1. The first kappa shape index (κ1) is 57.9. The highest BCUT2D eigenvalue weighted by Gasteiger charge is 2.54. The van der Waals surface area contributed by atoms with Crippen molar-refractivity contribution in [1.82, 2.24) is 0 Å². The smallest absolute Gasteiger partial charge is 0.391 e. The molecular weight excluding hydrogens is 819 g/mol. The van der Waals surface area contributed by atoms with Crippen LogP contribution in [0.25, 0.3) is 0 Å². The molecule has 0 saturated carbocycles. The number of hydrogen-bond donors (Lipinski definition) is 4. The van der Waals surface area contributed by atoms with Gasteiger partial charge < -0.3 is 28.6 Å². The van der Waals surface area contributed by atoms with Gasteiger partial charge in [-0.25, -0.2) is 0 Å². The van der Waals surface area contributed by atoms with E-state index in [1.165, 1.54) is 128 Å². The van der Waals surface area contributed by atoms with Gasteiger partial charge in [0.25, 0.3) is 0 Å². The Morgan fingerprint density at radius 3 is 0.905 bits per heavy atom. The summed E-state index contributed by atoms with van der Waals surface area (Å²) in [4.78, 5) is 42.2. The summed E-state index contributed by atoms with van der Waals surface area (Å²) in [6.45, 7) is 18.6. The molecule has 63 heavy (non-hydrogen) atoms. The van der Waals surface area contributed by atoms with Gasteiger partial charge >= 0.3 is 17.2 Å². The fraction of sp³-hybridized carbons (Fsp3) is 0.782. The lowest BCUT2D eigenvalue weighted by atomic mass is 9.49. The molecule has 4 N–H and O–H groups in total. The highest BCUT2D eigenvalue weighted by atomic mass is 31.2. The first-order valence-electron chi connectivity index (χ1n) is 26.1. The van der Waals surface area contributed by atoms with Gasteiger partial charge in [-0.3, -0.25) is 0 Å². The van der Waals surface area contributed by atoms with E-state index in [0.717, 1.165) is 92.6 Å². The van der Waals surface area contributed by atoms with Crippen molar-refractivity contribution >= 4 is 17.2 Å². The Labute approximate surface area is 391 Å². The number of hydrogen-bond acceptors (Lipinski definition) is 6. The van der Waals surface area contributed by atoms with Gasteiger partial charge in [-0.2, -0.15) is 0 Å². The fourth-order valence-corrected chi connectivity index (χ4v) is 11.2. The second-order valence-corrected chi connectivity index (χ2v) is 22.4. The van der Waals surface area contributed by atoms with Crippen LogP contribution >= 0.6 is 17.2 Å². The van der Waals surface area contributed by atoms with E-state index in [1.807, 2.05) is 24.3 Å². The number of unbranched alkanes of at least 4 members (excludes halogenated alkanes) is 17. The minimum Gasteiger partial charge on any atom is -0.427 e. The third kappa shape index (κ3) is 23.3. The van der Waals surface area contributed by atoms with Crippen LogP contribution in [0.1, 0.15) is 253 Å². The molecule has 0 amide bonds. The minimum absolute atomic E-state index is 0.238. The molecule has 0 spiro atoms. The summed E-state index contributed by atoms with van der Waals surface area (Å²) >= 11 is 0. The van der Waals surface area contributed by atoms with E-state index in [9.17, 15) is 19.6 Å². The second-order valence-electron chi connectivity index (χ2n) is 21.0. The lowest BCUT2D eigenvalue weighted by molar-refractivity contribution is 0.0791. The first-order chi connectivity index (χ1) is 30.2. The number of rotatable bonds is 40. The molecule has 2 aromatic rings. The molecule has 0 unspecified atom stereocenters. The van der Waals surface area contributed by atoms with Crippen LogP contribution < -0.4 is 9.05 Å². The Balaban J connectivity index is 2.87. The Morgan fingerprint density at radius 1 is 0.365 bits per heavy atom. The van der Waals surface area contributed by atoms with Crippen molar-refractivity contribution in [2.45, 2.75) is 247 Å². The summed E-state index contributed by atoms with van der Waals surface area (Å²) in [5.41, 5.74) is 1.04. The van der Waals surface area contributed by atoms with Gasteiger partial charge in [0, 0.05) is 16.5 Å². The van der Waals surface area contributed by atoms with Crippen LogP contribution in [0.3, 0.4) is 0 Å². The lowest BCUT2D eigenvalue weighted by Gasteiger charge is -2.54. The molecule has 0 saturated heterocycles. The molecule has 0 heterocycles. The van der Waals surface area contributed by atoms with Crippen LogP contribution in [0.15, 0.2) is 48.5 Å². The number of benzene rings is 2. The quantitative estimate of drug-likeness (QED) is 0.0393. The average molecular weight is 917 g/mol. The molecule has 0 aliphatic carbocycles. The van der Waals surface area contributed by atoms with E-state index in [-0.39, 0.29) is 5.41 Å². The van der Waals surface area contributed by atoms with Crippen LogP contribution in [0.2, 0.25) is 0 Å². The van der Waals surface area contributed by atoms with E-state index in [2.05, 4.69) is 79.7 Å². The molecule has 2 aromatic carbocycles. The van der Waals surface area contributed by atoms with Gasteiger partial charge in [-0.15, -0.1) is 0 Å². The zero-order chi connectivity index (χ0) is 46.4. The third-order valence-corrected chi connectivity index (χ3v) is 14.6. The van der Waals surface area contributed by atoms with Gasteiger partial charge in [0.1, 0.15) is 11.5 Å². The molecule has 6 nitrogen and oxygen atoms in total. The van der Waals surface area contributed by atoms with Gasteiger partial charge in [0.15, 0.2) is 0 Å². The zero-order valence-corrected chi connectivity index (χ0v) is 43.7. The Morgan fingerprint density at radius 2 is 0.619 bits per heavy atom. The van der Waals surface area contributed by atoms with Crippen molar-refractivity contribution in [2.75, 3.05) is 0 Å². The van der Waals surface area contributed by atoms with E-state index in [4.69, 9.17) is 9.05 Å². The summed E-state index contributed by atoms with van der Waals surface area (Å²) < 4.78 is 12.2. The molecule has 8 heteroatoms. The minimum atomic E-state index is -2.68. The number of para-hydroxylation sites is 2. The standard InChI is InChI=1S/C55H98O6P2/c1-46(2)34-22-14-9-10-21-33-45-55(50-38-26-28-40-52(50)60-62(56)57,51-39-27-29-41-53(51)61-63(58)59)54(42-30-18-11-15-23-35-47(3)4,43-31-19-12-16-24-36-48(5)6)44-32-20-13-17-25-37-49(7)8/h26-29,38-41,46-49,56-59H,9-25,30-37,42-45H2,1-8H3. The summed E-state index contributed by atoms with van der Waals surface area (Å²) in [6.07, 6.45) is 34.4. The van der Waals surface area contributed by atoms with E-state index < -0.39 is 22.6 Å². The molecule has 0 radical (unpaired) electrons. The average Bonchev–Trinajstić information content (AvgIpc) is 3.21. The van der Waals surface area contributed by atoms with E-state index >= 15 is 0 Å². The van der Waals surface area contributed by atoms with Crippen molar-refractivity contribution < 1.29 is 28.6 Å². The molecule has 2 rings (SSSR count). The predicted molar refractivity (Wildman–Crippen MR) is 273 cm³/mol. The normalized spacial score (nSPS) is 12.6. The zero-order valence-electron chi connectivity index (χ0n) is 41.9.